The van der Waals surface area contributed by atoms with Crippen molar-refractivity contribution in [1.82, 2.24) is 4.31 Å². The van der Waals surface area contributed by atoms with Gasteiger partial charge < -0.3 is 4.74 Å². The number of esters is 1. The summed E-state index contributed by atoms with van der Waals surface area (Å²) >= 11 is 0. The van der Waals surface area contributed by atoms with E-state index in [1.807, 2.05) is 0 Å². The average molecular weight is 235 g/mol. The summed E-state index contributed by atoms with van der Waals surface area (Å²) in [6.45, 7) is 1.25. The van der Waals surface area contributed by atoms with Crippen molar-refractivity contribution in [2.75, 3.05) is 26.0 Å². The molecule has 0 spiro atoms. The molecule has 0 aromatic carbocycles. The maximum absolute atomic E-state index is 11.7. The molecule has 15 heavy (non-hydrogen) atoms. The van der Waals surface area contributed by atoms with Crippen molar-refractivity contribution in [3.63, 3.8) is 0 Å². The molecule has 0 unspecified atom stereocenters. The number of methoxy groups -OCH3 is 1. The van der Waals surface area contributed by atoms with E-state index in [2.05, 4.69) is 4.74 Å². The molecule has 1 saturated heterocycles. The second-order valence-corrected chi connectivity index (χ2v) is 5.69. The predicted octanol–water partition coefficient (Wildman–Crippen LogP) is 0.365. The van der Waals surface area contributed by atoms with Gasteiger partial charge in [-0.1, -0.05) is 0 Å². The number of hydrogen-bond acceptors (Lipinski definition) is 4. The highest BCUT2D eigenvalue weighted by Gasteiger charge is 2.24. The van der Waals surface area contributed by atoms with Crippen molar-refractivity contribution in [2.45, 2.75) is 25.7 Å². The smallest absolute Gasteiger partial charge is 0.305 e. The Kier molecular flexibility index (Phi) is 4.53. The van der Waals surface area contributed by atoms with Gasteiger partial charge in [-0.25, -0.2) is 12.7 Å². The molecule has 88 valence electrons. The van der Waals surface area contributed by atoms with Crippen LogP contribution in [0.4, 0.5) is 0 Å². The number of carbonyl (C=O) groups excluding carboxylic acids is 1. The Hall–Kier alpha value is -0.620. The summed E-state index contributed by atoms with van der Waals surface area (Å²) in [7, 11) is -1.84. The molecule has 6 heteroatoms. The molecule has 0 saturated carbocycles. The number of nitrogens with zero attached hydrogens (tertiary/aromatic N) is 1. The van der Waals surface area contributed by atoms with Crippen LogP contribution in [0.3, 0.4) is 0 Å². The van der Waals surface area contributed by atoms with Gasteiger partial charge in [-0.3, -0.25) is 4.79 Å². The first-order valence-corrected chi connectivity index (χ1v) is 6.72. The van der Waals surface area contributed by atoms with Crippen LogP contribution in [0.15, 0.2) is 0 Å². The molecule has 0 amide bonds. The molecule has 0 aromatic heterocycles. The van der Waals surface area contributed by atoms with Crippen LogP contribution in [-0.4, -0.2) is 44.6 Å². The lowest BCUT2D eigenvalue weighted by molar-refractivity contribution is -0.140. The minimum atomic E-state index is -3.14. The third-order valence-corrected chi connectivity index (χ3v) is 4.43. The third-order valence-electron chi connectivity index (χ3n) is 2.47. The van der Waals surface area contributed by atoms with Crippen LogP contribution in [-0.2, 0) is 19.6 Å². The molecular weight excluding hydrogens is 218 g/mol. The normalized spacial score (nSPS) is 17.9. The van der Waals surface area contributed by atoms with Gasteiger partial charge in [0, 0.05) is 19.5 Å². The maximum Gasteiger partial charge on any atom is 0.305 e. The minimum Gasteiger partial charge on any atom is -0.469 e. The van der Waals surface area contributed by atoms with E-state index in [0.717, 1.165) is 12.8 Å². The van der Waals surface area contributed by atoms with Gasteiger partial charge in [-0.2, -0.15) is 0 Å². The van der Waals surface area contributed by atoms with Crippen LogP contribution in [0.1, 0.15) is 25.7 Å². The summed E-state index contributed by atoms with van der Waals surface area (Å²) in [4.78, 5) is 10.8. The van der Waals surface area contributed by atoms with Crippen LogP contribution in [0.2, 0.25) is 0 Å². The van der Waals surface area contributed by atoms with Crippen molar-refractivity contribution in [1.29, 1.82) is 0 Å². The number of rotatable bonds is 5. The molecule has 0 N–H and O–H groups in total. The molecule has 0 atom stereocenters. The van der Waals surface area contributed by atoms with Crippen LogP contribution >= 0.6 is 0 Å². The first kappa shape index (κ1) is 12.4. The lowest BCUT2D eigenvalue weighted by atomic mass is 10.3. The maximum atomic E-state index is 11.7. The molecule has 5 nitrogen and oxygen atoms in total. The Morgan fingerprint density at radius 2 is 1.93 bits per heavy atom. The minimum absolute atomic E-state index is 0.0437. The molecule has 1 rings (SSSR count). The first-order chi connectivity index (χ1) is 7.06. The largest absolute Gasteiger partial charge is 0.469 e. The zero-order valence-corrected chi connectivity index (χ0v) is 9.75. The van der Waals surface area contributed by atoms with E-state index in [-0.39, 0.29) is 18.1 Å². The molecule has 1 aliphatic heterocycles. The van der Waals surface area contributed by atoms with E-state index in [9.17, 15) is 13.2 Å². The zero-order valence-electron chi connectivity index (χ0n) is 8.94. The van der Waals surface area contributed by atoms with E-state index < -0.39 is 10.0 Å². The molecule has 0 radical (unpaired) electrons. The molecule has 0 bridgehead atoms. The number of carbonyl (C=O) groups is 1. The highest BCUT2D eigenvalue weighted by Crippen LogP contribution is 2.14. The molecule has 0 aliphatic carbocycles. The van der Waals surface area contributed by atoms with E-state index in [0.29, 0.717) is 19.5 Å². The second-order valence-electron chi connectivity index (χ2n) is 3.60. The summed E-state index contributed by atoms with van der Waals surface area (Å²) in [6, 6.07) is 0. The molecule has 1 aliphatic rings. The number of hydrogen-bond donors (Lipinski definition) is 0. The second kappa shape index (κ2) is 5.46. The zero-order chi connectivity index (χ0) is 11.3. The molecular formula is C9H17NO4S. The van der Waals surface area contributed by atoms with Crippen molar-refractivity contribution < 1.29 is 17.9 Å². The summed E-state index contributed by atoms with van der Waals surface area (Å²) < 4.78 is 29.3. The van der Waals surface area contributed by atoms with Crippen LogP contribution < -0.4 is 0 Å². The fourth-order valence-electron chi connectivity index (χ4n) is 1.60. The van der Waals surface area contributed by atoms with Crippen molar-refractivity contribution in [2.24, 2.45) is 0 Å². The van der Waals surface area contributed by atoms with Gasteiger partial charge in [0.25, 0.3) is 0 Å². The Balaban J connectivity index is 2.33. The van der Waals surface area contributed by atoms with E-state index in [4.69, 9.17) is 0 Å². The van der Waals surface area contributed by atoms with E-state index in [1.54, 1.807) is 0 Å². The molecule has 1 heterocycles. The quantitative estimate of drug-likeness (QED) is 0.646. The van der Waals surface area contributed by atoms with Gasteiger partial charge >= 0.3 is 5.97 Å². The van der Waals surface area contributed by atoms with Gasteiger partial charge in [-0.05, 0) is 19.3 Å². The summed E-state index contributed by atoms with van der Waals surface area (Å²) in [5.41, 5.74) is 0. The van der Waals surface area contributed by atoms with Crippen LogP contribution in [0, 0.1) is 0 Å². The Bertz CT molecular complexity index is 306. The first-order valence-electron chi connectivity index (χ1n) is 5.11. The van der Waals surface area contributed by atoms with Gasteiger partial charge in [0.1, 0.15) is 0 Å². The fourth-order valence-corrected chi connectivity index (χ4v) is 3.18. The molecule has 1 fully saturated rings. The average Bonchev–Trinajstić information content (AvgIpc) is 2.70. The van der Waals surface area contributed by atoms with Gasteiger partial charge in [0.15, 0.2) is 0 Å². The summed E-state index contributed by atoms with van der Waals surface area (Å²) in [5.74, 6) is -0.311. The van der Waals surface area contributed by atoms with Crippen molar-refractivity contribution >= 4 is 16.0 Å². The topological polar surface area (TPSA) is 63.7 Å². The van der Waals surface area contributed by atoms with Gasteiger partial charge in [-0.15, -0.1) is 0 Å². The number of ether oxygens (including phenoxy) is 1. The standard InChI is InChI=1S/C9H17NO4S/c1-14-9(11)5-4-8-15(12,13)10-6-2-3-7-10/h2-8H2,1H3. The summed E-state index contributed by atoms with van der Waals surface area (Å²) in [5, 5.41) is 0. The van der Waals surface area contributed by atoms with Crippen LogP contribution in [0.5, 0.6) is 0 Å². The Morgan fingerprint density at radius 1 is 1.33 bits per heavy atom. The van der Waals surface area contributed by atoms with Crippen molar-refractivity contribution in [3.05, 3.63) is 0 Å². The summed E-state index contributed by atoms with van der Waals surface area (Å²) in [6.07, 6.45) is 2.39. The third kappa shape index (κ3) is 3.79. The lowest BCUT2D eigenvalue weighted by Gasteiger charge is -2.14. The molecule has 0 aromatic rings. The van der Waals surface area contributed by atoms with E-state index in [1.165, 1.54) is 11.4 Å². The highest BCUT2D eigenvalue weighted by molar-refractivity contribution is 7.89. The van der Waals surface area contributed by atoms with Crippen LogP contribution in [0.25, 0.3) is 0 Å². The van der Waals surface area contributed by atoms with Gasteiger partial charge in [0.2, 0.25) is 10.0 Å². The van der Waals surface area contributed by atoms with Gasteiger partial charge in [0.05, 0.1) is 12.9 Å². The predicted molar refractivity (Wildman–Crippen MR) is 55.8 cm³/mol. The van der Waals surface area contributed by atoms with Crippen molar-refractivity contribution in [3.8, 4) is 0 Å². The monoisotopic (exact) mass is 235 g/mol. The Labute approximate surface area is 90.4 Å². The number of sulfonamides is 1. The lowest BCUT2D eigenvalue weighted by Crippen LogP contribution is -2.30. The SMILES string of the molecule is COC(=O)CCCS(=O)(=O)N1CCCC1. The Morgan fingerprint density at radius 3 is 2.47 bits per heavy atom. The fraction of sp³-hybridized carbons (Fsp3) is 0.889. The van der Waals surface area contributed by atoms with E-state index >= 15 is 0 Å². The highest BCUT2D eigenvalue weighted by atomic mass is 32.2.